The maximum atomic E-state index is 13.2. The van der Waals surface area contributed by atoms with Gasteiger partial charge in [0.2, 0.25) is 5.91 Å². The van der Waals surface area contributed by atoms with Crippen LogP contribution in [0, 0.1) is 26.6 Å². The van der Waals surface area contributed by atoms with Gasteiger partial charge in [0.25, 0.3) is 0 Å². The summed E-state index contributed by atoms with van der Waals surface area (Å²) in [5.74, 6) is -0.178. The van der Waals surface area contributed by atoms with E-state index in [1.807, 2.05) is 19.1 Å². The minimum atomic E-state index is -0.349. The van der Waals surface area contributed by atoms with Crippen LogP contribution < -0.4 is 5.32 Å². The summed E-state index contributed by atoms with van der Waals surface area (Å²) in [7, 11) is 0. The molecule has 2 aromatic rings. The van der Waals surface area contributed by atoms with Gasteiger partial charge >= 0.3 is 0 Å². The van der Waals surface area contributed by atoms with Crippen molar-refractivity contribution < 1.29 is 9.18 Å². The molecule has 0 saturated carbocycles. The lowest BCUT2D eigenvalue weighted by Crippen LogP contribution is -2.15. The minimum Gasteiger partial charge on any atom is -0.325 e. The smallest absolute Gasteiger partial charge is 0.234 e. The number of anilines is 1. The first-order valence-corrected chi connectivity index (χ1v) is 7.70. The lowest BCUT2D eigenvalue weighted by Gasteiger charge is -2.09. The van der Waals surface area contributed by atoms with Crippen molar-refractivity contribution in [3.63, 3.8) is 0 Å². The van der Waals surface area contributed by atoms with Crippen LogP contribution in [0.1, 0.15) is 16.7 Å². The van der Waals surface area contributed by atoms with Crippen molar-refractivity contribution in [2.45, 2.75) is 25.7 Å². The number of carbonyl (C=O) groups excluding carboxylic acids is 1. The van der Waals surface area contributed by atoms with Gasteiger partial charge in [-0.1, -0.05) is 12.1 Å². The molecule has 4 heteroatoms. The Morgan fingerprint density at radius 1 is 1.05 bits per heavy atom. The molecule has 0 aliphatic rings. The Balaban J connectivity index is 1.95. The summed E-state index contributed by atoms with van der Waals surface area (Å²) in [5.41, 5.74) is 3.82. The maximum Gasteiger partial charge on any atom is 0.234 e. The molecule has 0 aliphatic heterocycles. The van der Waals surface area contributed by atoms with E-state index in [-0.39, 0.29) is 11.7 Å². The second kappa shape index (κ2) is 6.76. The zero-order valence-electron chi connectivity index (χ0n) is 12.4. The van der Waals surface area contributed by atoms with E-state index in [1.165, 1.54) is 35.0 Å². The van der Waals surface area contributed by atoms with Gasteiger partial charge in [-0.3, -0.25) is 4.79 Å². The van der Waals surface area contributed by atoms with E-state index in [1.54, 1.807) is 6.07 Å². The zero-order valence-corrected chi connectivity index (χ0v) is 13.2. The van der Waals surface area contributed by atoms with E-state index in [2.05, 4.69) is 25.2 Å². The highest BCUT2D eigenvalue weighted by Crippen LogP contribution is 2.22. The SMILES string of the molecule is Cc1ccc(SCC(=O)Nc2cc(F)ccc2C)cc1C. The van der Waals surface area contributed by atoms with Crippen LogP contribution in [0.5, 0.6) is 0 Å². The molecule has 0 saturated heterocycles. The lowest BCUT2D eigenvalue weighted by atomic mass is 10.1. The highest BCUT2D eigenvalue weighted by molar-refractivity contribution is 8.00. The third-order valence-electron chi connectivity index (χ3n) is 3.32. The number of thioether (sulfide) groups is 1. The van der Waals surface area contributed by atoms with E-state index in [0.717, 1.165) is 10.5 Å². The van der Waals surface area contributed by atoms with Gasteiger partial charge < -0.3 is 5.32 Å². The van der Waals surface area contributed by atoms with Gasteiger partial charge in [0.1, 0.15) is 5.82 Å². The first kappa shape index (κ1) is 15.6. The molecule has 2 nitrogen and oxygen atoms in total. The molecular weight excluding hydrogens is 285 g/mol. The van der Waals surface area contributed by atoms with Gasteiger partial charge in [0.15, 0.2) is 0 Å². The first-order chi connectivity index (χ1) is 9.95. The molecule has 110 valence electrons. The normalized spacial score (nSPS) is 10.5. The largest absolute Gasteiger partial charge is 0.325 e. The van der Waals surface area contributed by atoms with E-state index in [9.17, 15) is 9.18 Å². The molecule has 0 aliphatic carbocycles. The van der Waals surface area contributed by atoms with Crippen LogP contribution in [-0.4, -0.2) is 11.7 Å². The molecule has 0 radical (unpaired) electrons. The quantitative estimate of drug-likeness (QED) is 0.844. The van der Waals surface area contributed by atoms with Gasteiger partial charge in [-0.25, -0.2) is 4.39 Å². The molecule has 0 unspecified atom stereocenters. The van der Waals surface area contributed by atoms with Crippen LogP contribution in [0.4, 0.5) is 10.1 Å². The van der Waals surface area contributed by atoms with Gasteiger partial charge in [-0.15, -0.1) is 11.8 Å². The molecular formula is C17H18FNOS. The Morgan fingerprint density at radius 2 is 1.76 bits per heavy atom. The zero-order chi connectivity index (χ0) is 15.4. The molecule has 0 aromatic heterocycles. The second-order valence-electron chi connectivity index (χ2n) is 5.04. The third-order valence-corrected chi connectivity index (χ3v) is 4.32. The van der Waals surface area contributed by atoms with Crippen molar-refractivity contribution in [2.75, 3.05) is 11.1 Å². The highest BCUT2D eigenvalue weighted by atomic mass is 32.2. The standard InChI is InChI=1S/C17H18FNOS/c1-11-5-7-15(8-13(11)3)21-10-17(20)19-16-9-14(18)6-4-12(16)2/h4-9H,10H2,1-3H3,(H,19,20). The molecule has 0 spiro atoms. The van der Waals surface area contributed by atoms with Gasteiger partial charge in [-0.05, 0) is 61.7 Å². The summed E-state index contributed by atoms with van der Waals surface area (Å²) in [6.07, 6.45) is 0. The molecule has 21 heavy (non-hydrogen) atoms. The number of amides is 1. The monoisotopic (exact) mass is 303 g/mol. The highest BCUT2D eigenvalue weighted by Gasteiger charge is 2.07. The summed E-state index contributed by atoms with van der Waals surface area (Å²) >= 11 is 1.47. The van der Waals surface area contributed by atoms with Crippen molar-refractivity contribution in [3.8, 4) is 0 Å². The van der Waals surface area contributed by atoms with E-state index < -0.39 is 0 Å². The van der Waals surface area contributed by atoms with Crippen molar-refractivity contribution in [1.82, 2.24) is 0 Å². The maximum absolute atomic E-state index is 13.2. The first-order valence-electron chi connectivity index (χ1n) is 6.72. The van der Waals surface area contributed by atoms with E-state index >= 15 is 0 Å². The van der Waals surface area contributed by atoms with Crippen LogP contribution >= 0.6 is 11.8 Å². The number of hydrogen-bond donors (Lipinski definition) is 1. The predicted octanol–water partition coefficient (Wildman–Crippen LogP) is 4.48. The van der Waals surface area contributed by atoms with E-state index in [4.69, 9.17) is 0 Å². The van der Waals surface area contributed by atoms with Crippen LogP contribution in [0.3, 0.4) is 0 Å². The number of benzene rings is 2. The Labute approximate surface area is 128 Å². The molecule has 1 N–H and O–H groups in total. The number of halogens is 1. The fourth-order valence-corrected chi connectivity index (χ4v) is 2.66. The lowest BCUT2D eigenvalue weighted by molar-refractivity contribution is -0.113. The summed E-state index contributed by atoms with van der Waals surface area (Å²) < 4.78 is 13.2. The minimum absolute atomic E-state index is 0.132. The molecule has 0 fully saturated rings. The number of rotatable bonds is 4. The Bertz CT molecular complexity index is 670. The second-order valence-corrected chi connectivity index (χ2v) is 6.09. The van der Waals surface area contributed by atoms with Crippen molar-refractivity contribution in [3.05, 3.63) is 58.9 Å². The van der Waals surface area contributed by atoms with Crippen LogP contribution in [0.2, 0.25) is 0 Å². The Hall–Kier alpha value is -1.81. The average Bonchev–Trinajstić information content (AvgIpc) is 2.44. The molecule has 0 atom stereocenters. The Kier molecular flexibility index (Phi) is 5.02. The number of hydrogen-bond acceptors (Lipinski definition) is 2. The number of carbonyl (C=O) groups is 1. The van der Waals surface area contributed by atoms with Crippen molar-refractivity contribution in [2.24, 2.45) is 0 Å². The van der Waals surface area contributed by atoms with E-state index in [0.29, 0.717) is 11.4 Å². The van der Waals surface area contributed by atoms with Gasteiger partial charge in [0, 0.05) is 10.6 Å². The molecule has 1 amide bonds. The Morgan fingerprint density at radius 3 is 2.48 bits per heavy atom. The average molecular weight is 303 g/mol. The molecule has 0 heterocycles. The summed E-state index contributed by atoms with van der Waals surface area (Å²) in [6.45, 7) is 5.95. The molecule has 0 bridgehead atoms. The number of nitrogens with one attached hydrogen (secondary N) is 1. The topological polar surface area (TPSA) is 29.1 Å². The molecule has 2 rings (SSSR count). The van der Waals surface area contributed by atoms with Crippen LogP contribution in [0.15, 0.2) is 41.3 Å². The van der Waals surface area contributed by atoms with Crippen molar-refractivity contribution >= 4 is 23.4 Å². The summed E-state index contributed by atoms with van der Waals surface area (Å²) in [4.78, 5) is 13.0. The summed E-state index contributed by atoms with van der Waals surface area (Å²) in [6, 6.07) is 10.5. The predicted molar refractivity (Wildman–Crippen MR) is 86.4 cm³/mol. The third kappa shape index (κ3) is 4.33. The van der Waals surface area contributed by atoms with Gasteiger partial charge in [0.05, 0.1) is 5.75 Å². The van der Waals surface area contributed by atoms with Crippen molar-refractivity contribution in [1.29, 1.82) is 0 Å². The van der Waals surface area contributed by atoms with Crippen LogP contribution in [0.25, 0.3) is 0 Å². The molecule has 2 aromatic carbocycles. The van der Waals surface area contributed by atoms with Gasteiger partial charge in [-0.2, -0.15) is 0 Å². The van der Waals surface area contributed by atoms with Crippen LogP contribution in [-0.2, 0) is 4.79 Å². The fourth-order valence-electron chi connectivity index (χ4n) is 1.87. The fraction of sp³-hybridized carbons (Fsp3) is 0.235. The number of aryl methyl sites for hydroxylation is 3. The summed E-state index contributed by atoms with van der Waals surface area (Å²) in [5, 5.41) is 2.75.